The molecule has 1 aliphatic heterocycles. The van der Waals surface area contributed by atoms with Crippen LogP contribution in [-0.4, -0.2) is 47.2 Å². The van der Waals surface area contributed by atoms with Crippen LogP contribution in [0.15, 0.2) is 48.7 Å². The van der Waals surface area contributed by atoms with Gasteiger partial charge in [0.25, 0.3) is 0 Å². The molecule has 0 aliphatic carbocycles. The van der Waals surface area contributed by atoms with Gasteiger partial charge in [-0.2, -0.15) is 5.10 Å². The highest BCUT2D eigenvalue weighted by Crippen LogP contribution is 2.24. The van der Waals surface area contributed by atoms with Gasteiger partial charge in [-0.05, 0) is 67.1 Å². The summed E-state index contributed by atoms with van der Waals surface area (Å²) in [4.78, 5) is 13.5. The number of amides is 1. The number of aromatic amines is 1. The lowest BCUT2D eigenvalue weighted by molar-refractivity contribution is -0.119. The molecule has 2 aromatic carbocycles. The summed E-state index contributed by atoms with van der Waals surface area (Å²) in [6, 6.07) is 14.9. The highest BCUT2D eigenvalue weighted by Gasteiger charge is 2.20. The molecule has 6 heteroatoms. The second-order valence-electron chi connectivity index (χ2n) is 8.22. The number of hydrogen-bond donors (Lipinski definition) is 2. The number of H-pyrrole nitrogens is 1. The fourth-order valence-electron chi connectivity index (χ4n) is 4.30. The van der Waals surface area contributed by atoms with Crippen LogP contribution in [0.2, 0.25) is 0 Å². The highest BCUT2D eigenvalue weighted by molar-refractivity contribution is 5.78. The lowest BCUT2D eigenvalue weighted by Gasteiger charge is -2.33. The molecule has 1 amide bonds. The number of rotatable bonds is 8. The molecule has 1 aliphatic rings. The Bertz CT molecular complexity index is 984. The summed E-state index contributed by atoms with van der Waals surface area (Å²) < 4.78 is 5.77. The van der Waals surface area contributed by atoms with E-state index in [1.807, 2.05) is 18.3 Å². The lowest BCUT2D eigenvalue weighted by Crippen LogP contribution is -2.35. The summed E-state index contributed by atoms with van der Waals surface area (Å²) in [5, 5.41) is 11.1. The van der Waals surface area contributed by atoms with Crippen molar-refractivity contribution in [3.63, 3.8) is 0 Å². The van der Waals surface area contributed by atoms with Crippen molar-refractivity contribution in [3.05, 3.63) is 59.8 Å². The molecular weight excluding hydrogens is 376 g/mol. The van der Waals surface area contributed by atoms with Gasteiger partial charge in [-0.25, -0.2) is 0 Å². The molecule has 0 bridgehead atoms. The van der Waals surface area contributed by atoms with Crippen LogP contribution in [0.3, 0.4) is 0 Å². The quantitative estimate of drug-likeness (QED) is 0.562. The standard InChI is InChI=1S/C24H30N4O2/c1-18(29)25-9-11-30-23-6-2-4-21(14-23)17-28-10-3-5-20(16-28)12-19-7-8-24-22(13-19)15-26-27-24/h2,4,6-8,13-15,20H,3,5,9-12,16-17H2,1H3,(H,25,29)(H,26,27)/t20-/m1/s1. The van der Waals surface area contributed by atoms with E-state index in [-0.39, 0.29) is 5.91 Å². The van der Waals surface area contributed by atoms with E-state index in [1.54, 1.807) is 0 Å². The molecule has 1 fully saturated rings. The van der Waals surface area contributed by atoms with Crippen molar-refractivity contribution < 1.29 is 9.53 Å². The zero-order valence-electron chi connectivity index (χ0n) is 17.6. The van der Waals surface area contributed by atoms with Gasteiger partial charge >= 0.3 is 0 Å². The van der Waals surface area contributed by atoms with E-state index in [2.05, 4.69) is 50.7 Å². The van der Waals surface area contributed by atoms with Crippen molar-refractivity contribution in [2.75, 3.05) is 26.2 Å². The third kappa shape index (κ3) is 5.60. The van der Waals surface area contributed by atoms with Gasteiger partial charge in [0.05, 0.1) is 18.3 Å². The summed E-state index contributed by atoms with van der Waals surface area (Å²) in [6.45, 7) is 5.73. The number of hydrogen-bond acceptors (Lipinski definition) is 4. The molecule has 1 aromatic heterocycles. The normalized spacial score (nSPS) is 17.2. The number of benzene rings is 2. The molecule has 3 aromatic rings. The Hall–Kier alpha value is -2.86. The molecule has 0 radical (unpaired) electrons. The highest BCUT2D eigenvalue weighted by atomic mass is 16.5. The fraction of sp³-hybridized carbons (Fsp3) is 0.417. The van der Waals surface area contributed by atoms with Crippen LogP contribution in [0.5, 0.6) is 5.75 Å². The summed E-state index contributed by atoms with van der Waals surface area (Å²) in [5.41, 5.74) is 3.76. The third-order valence-electron chi connectivity index (χ3n) is 5.68. The Balaban J connectivity index is 1.30. The van der Waals surface area contributed by atoms with Crippen molar-refractivity contribution in [1.29, 1.82) is 0 Å². The molecule has 0 spiro atoms. The SMILES string of the molecule is CC(=O)NCCOc1cccc(CN2CCC[C@H](Cc3ccc4[nH]ncc4c3)C2)c1. The monoisotopic (exact) mass is 406 g/mol. The number of fused-ring (bicyclic) bond motifs is 1. The van der Waals surface area contributed by atoms with Crippen molar-refractivity contribution in [3.8, 4) is 5.75 Å². The van der Waals surface area contributed by atoms with Gasteiger partial charge in [0, 0.05) is 25.4 Å². The van der Waals surface area contributed by atoms with Crippen molar-refractivity contribution in [1.82, 2.24) is 20.4 Å². The lowest BCUT2D eigenvalue weighted by atomic mass is 9.90. The van der Waals surface area contributed by atoms with Gasteiger partial charge in [0.1, 0.15) is 12.4 Å². The number of aromatic nitrogens is 2. The van der Waals surface area contributed by atoms with Crippen LogP contribution in [0.25, 0.3) is 10.9 Å². The molecule has 4 rings (SSSR count). The van der Waals surface area contributed by atoms with E-state index in [4.69, 9.17) is 4.74 Å². The minimum absolute atomic E-state index is 0.0308. The smallest absolute Gasteiger partial charge is 0.216 e. The van der Waals surface area contributed by atoms with Gasteiger partial charge in [0.2, 0.25) is 5.91 Å². The molecule has 30 heavy (non-hydrogen) atoms. The number of carbonyl (C=O) groups is 1. The molecule has 2 N–H and O–H groups in total. The Morgan fingerprint density at radius 1 is 1.27 bits per heavy atom. The molecule has 158 valence electrons. The van der Waals surface area contributed by atoms with Crippen LogP contribution in [0.4, 0.5) is 0 Å². The van der Waals surface area contributed by atoms with E-state index in [1.165, 1.54) is 36.3 Å². The summed E-state index contributed by atoms with van der Waals surface area (Å²) in [6.07, 6.45) is 5.54. The maximum Gasteiger partial charge on any atom is 0.216 e. The molecule has 1 saturated heterocycles. The van der Waals surface area contributed by atoms with Gasteiger partial charge in [0.15, 0.2) is 0 Å². The number of piperidine rings is 1. The van der Waals surface area contributed by atoms with Gasteiger partial charge in [-0.1, -0.05) is 18.2 Å². The largest absolute Gasteiger partial charge is 0.492 e. The number of nitrogens with one attached hydrogen (secondary N) is 2. The first-order valence-corrected chi connectivity index (χ1v) is 10.8. The summed E-state index contributed by atoms with van der Waals surface area (Å²) >= 11 is 0. The van der Waals surface area contributed by atoms with Crippen LogP contribution >= 0.6 is 0 Å². The maximum atomic E-state index is 10.9. The minimum Gasteiger partial charge on any atom is -0.492 e. The minimum atomic E-state index is -0.0308. The second-order valence-corrected chi connectivity index (χ2v) is 8.22. The number of carbonyl (C=O) groups excluding carboxylic acids is 1. The Morgan fingerprint density at radius 2 is 2.20 bits per heavy atom. The fourth-order valence-corrected chi connectivity index (χ4v) is 4.30. The van der Waals surface area contributed by atoms with Crippen molar-refractivity contribution in [2.24, 2.45) is 5.92 Å². The summed E-state index contributed by atoms with van der Waals surface area (Å²) in [5.74, 6) is 1.51. The Morgan fingerprint density at radius 3 is 3.10 bits per heavy atom. The molecule has 6 nitrogen and oxygen atoms in total. The van der Waals surface area contributed by atoms with Gasteiger partial charge < -0.3 is 10.1 Å². The predicted octanol–water partition coefficient (Wildman–Crippen LogP) is 3.53. The molecule has 0 unspecified atom stereocenters. The van der Waals surface area contributed by atoms with Crippen molar-refractivity contribution >= 4 is 16.8 Å². The second kappa shape index (κ2) is 9.76. The Kier molecular flexibility index (Phi) is 6.64. The zero-order valence-corrected chi connectivity index (χ0v) is 17.6. The third-order valence-corrected chi connectivity index (χ3v) is 5.68. The Labute approximate surface area is 177 Å². The number of nitrogens with zero attached hydrogens (tertiary/aromatic N) is 2. The molecular formula is C24H30N4O2. The van der Waals surface area contributed by atoms with Crippen LogP contribution in [0.1, 0.15) is 30.9 Å². The van der Waals surface area contributed by atoms with Crippen LogP contribution in [0, 0.1) is 5.92 Å². The van der Waals surface area contributed by atoms with Crippen LogP contribution < -0.4 is 10.1 Å². The first-order valence-electron chi connectivity index (χ1n) is 10.8. The first-order chi connectivity index (χ1) is 14.7. The van der Waals surface area contributed by atoms with Gasteiger partial charge in [-0.15, -0.1) is 0 Å². The van der Waals surface area contributed by atoms with E-state index >= 15 is 0 Å². The maximum absolute atomic E-state index is 10.9. The number of likely N-dealkylation sites (tertiary alicyclic amines) is 1. The molecule has 2 heterocycles. The average Bonchev–Trinajstić information content (AvgIpc) is 3.20. The van der Waals surface area contributed by atoms with Crippen molar-refractivity contribution in [2.45, 2.75) is 32.7 Å². The van der Waals surface area contributed by atoms with Crippen LogP contribution in [-0.2, 0) is 17.8 Å². The zero-order chi connectivity index (χ0) is 20.8. The topological polar surface area (TPSA) is 70.2 Å². The molecule has 1 atom stereocenters. The summed E-state index contributed by atoms with van der Waals surface area (Å²) in [7, 11) is 0. The molecule has 0 saturated carbocycles. The van der Waals surface area contributed by atoms with Gasteiger partial charge in [-0.3, -0.25) is 14.8 Å². The van der Waals surface area contributed by atoms with E-state index in [0.29, 0.717) is 19.1 Å². The van der Waals surface area contributed by atoms with E-state index < -0.39 is 0 Å². The predicted molar refractivity (Wildman–Crippen MR) is 118 cm³/mol. The van der Waals surface area contributed by atoms with E-state index in [0.717, 1.165) is 37.3 Å². The number of ether oxygens (including phenoxy) is 1. The van der Waals surface area contributed by atoms with E-state index in [9.17, 15) is 4.79 Å². The average molecular weight is 407 g/mol. The first kappa shape index (κ1) is 20.4.